The second-order valence-corrected chi connectivity index (χ2v) is 8.40. The fourth-order valence-corrected chi connectivity index (χ4v) is 4.60. The third-order valence-electron chi connectivity index (χ3n) is 6.39. The Balaban J connectivity index is 1.47. The summed E-state index contributed by atoms with van der Waals surface area (Å²) in [7, 11) is 0. The first-order valence-corrected chi connectivity index (χ1v) is 10.0. The Kier molecular flexibility index (Phi) is 4.56. The van der Waals surface area contributed by atoms with Gasteiger partial charge in [0, 0.05) is 37.3 Å². The summed E-state index contributed by atoms with van der Waals surface area (Å²) in [6, 6.07) is 1.40. The number of likely N-dealkylation sites (tertiary alicyclic amines) is 1. The molecular formula is C20H28N4O3. The van der Waals surface area contributed by atoms with E-state index in [2.05, 4.69) is 27.9 Å². The zero-order valence-corrected chi connectivity index (χ0v) is 16.1. The third kappa shape index (κ3) is 3.51. The number of anilines is 1. The molecule has 1 aromatic heterocycles. The Hall–Kier alpha value is -2.18. The molecule has 146 valence electrons. The van der Waals surface area contributed by atoms with Crippen molar-refractivity contribution in [3.05, 3.63) is 17.6 Å². The largest absolute Gasteiger partial charge is 0.480 e. The van der Waals surface area contributed by atoms with Gasteiger partial charge in [-0.15, -0.1) is 0 Å². The summed E-state index contributed by atoms with van der Waals surface area (Å²) < 4.78 is 0. The van der Waals surface area contributed by atoms with Crippen LogP contribution in [0.3, 0.4) is 0 Å². The average Bonchev–Trinajstić information content (AvgIpc) is 3.43. The van der Waals surface area contributed by atoms with Crippen LogP contribution in [-0.4, -0.2) is 57.5 Å². The Morgan fingerprint density at radius 3 is 2.56 bits per heavy atom. The van der Waals surface area contributed by atoms with Gasteiger partial charge in [0.05, 0.1) is 0 Å². The van der Waals surface area contributed by atoms with Crippen LogP contribution in [0, 0.1) is 18.3 Å². The predicted molar refractivity (Wildman–Crippen MR) is 101 cm³/mol. The van der Waals surface area contributed by atoms with Crippen LogP contribution in [0.15, 0.2) is 6.07 Å². The molecule has 3 fully saturated rings. The lowest BCUT2D eigenvalue weighted by molar-refractivity contribution is -0.148. The minimum absolute atomic E-state index is 0.0562. The molecule has 3 heterocycles. The number of rotatable bonds is 4. The first-order valence-electron chi connectivity index (χ1n) is 10.0. The molecule has 1 N–H and O–H groups in total. The number of hydrogen-bond acceptors (Lipinski definition) is 5. The van der Waals surface area contributed by atoms with E-state index in [-0.39, 0.29) is 17.2 Å². The Morgan fingerprint density at radius 2 is 1.96 bits per heavy atom. The van der Waals surface area contributed by atoms with Crippen LogP contribution >= 0.6 is 0 Å². The van der Waals surface area contributed by atoms with Gasteiger partial charge in [-0.1, -0.05) is 6.92 Å². The van der Waals surface area contributed by atoms with E-state index in [0.717, 1.165) is 62.5 Å². The van der Waals surface area contributed by atoms with Crippen molar-refractivity contribution in [1.29, 1.82) is 0 Å². The predicted octanol–water partition coefficient (Wildman–Crippen LogP) is 2.03. The summed E-state index contributed by atoms with van der Waals surface area (Å²) in [5.41, 5.74) is 0.977. The van der Waals surface area contributed by atoms with E-state index in [1.54, 1.807) is 4.90 Å². The Bertz CT molecular complexity index is 754. The van der Waals surface area contributed by atoms with Crippen molar-refractivity contribution in [2.75, 3.05) is 24.5 Å². The average molecular weight is 372 g/mol. The van der Waals surface area contributed by atoms with Crippen LogP contribution in [-0.2, 0) is 16.0 Å². The normalized spacial score (nSPS) is 24.4. The van der Waals surface area contributed by atoms with E-state index < -0.39 is 12.0 Å². The zero-order valence-electron chi connectivity index (χ0n) is 16.1. The van der Waals surface area contributed by atoms with Gasteiger partial charge in [-0.2, -0.15) is 0 Å². The molecule has 3 aliphatic rings. The van der Waals surface area contributed by atoms with Crippen LogP contribution in [0.2, 0.25) is 0 Å². The molecule has 2 saturated heterocycles. The molecule has 27 heavy (non-hydrogen) atoms. The van der Waals surface area contributed by atoms with E-state index in [4.69, 9.17) is 0 Å². The summed E-state index contributed by atoms with van der Waals surface area (Å²) in [6.07, 6.45) is 5.08. The molecule has 4 rings (SSSR count). The molecule has 1 aromatic rings. The third-order valence-corrected chi connectivity index (χ3v) is 6.39. The number of carbonyl (C=O) groups is 2. The number of amides is 1. The van der Waals surface area contributed by atoms with Crippen LogP contribution < -0.4 is 4.90 Å². The van der Waals surface area contributed by atoms with Gasteiger partial charge in [-0.25, -0.2) is 14.8 Å². The van der Waals surface area contributed by atoms with Gasteiger partial charge in [0.2, 0.25) is 5.91 Å². The molecule has 1 amide bonds. The van der Waals surface area contributed by atoms with Crippen LogP contribution in [0.4, 0.5) is 5.82 Å². The lowest BCUT2D eigenvalue weighted by Crippen LogP contribution is -2.43. The standard InChI is InChI=1S/C20H28N4O3/c1-3-15-10-17(22-13(2)21-15)23-8-6-20(7-9-23)11-16(19(26)27)24(12-20)18(25)14-4-5-14/h10,14,16H,3-9,11-12H2,1-2H3,(H,26,27). The quantitative estimate of drug-likeness (QED) is 0.870. The number of carboxylic acids is 1. The van der Waals surface area contributed by atoms with Crippen molar-refractivity contribution in [3.8, 4) is 0 Å². The second kappa shape index (κ2) is 6.77. The maximum absolute atomic E-state index is 12.6. The molecule has 0 radical (unpaired) electrons. The minimum atomic E-state index is -0.859. The summed E-state index contributed by atoms with van der Waals surface area (Å²) in [6.45, 7) is 6.29. The summed E-state index contributed by atoms with van der Waals surface area (Å²) in [5, 5.41) is 9.65. The monoisotopic (exact) mass is 372 g/mol. The van der Waals surface area contributed by atoms with E-state index in [9.17, 15) is 14.7 Å². The molecule has 1 unspecified atom stereocenters. The highest BCUT2D eigenvalue weighted by molar-refractivity contribution is 5.87. The van der Waals surface area contributed by atoms with Crippen molar-refractivity contribution in [2.45, 2.75) is 58.4 Å². The molecule has 0 aromatic carbocycles. The summed E-state index contributed by atoms with van der Waals surface area (Å²) in [4.78, 5) is 37.3. The van der Waals surface area contributed by atoms with Crippen molar-refractivity contribution in [2.24, 2.45) is 11.3 Å². The van der Waals surface area contributed by atoms with Crippen molar-refractivity contribution >= 4 is 17.7 Å². The van der Waals surface area contributed by atoms with E-state index in [1.165, 1.54) is 0 Å². The van der Waals surface area contributed by atoms with Gasteiger partial charge < -0.3 is 14.9 Å². The Morgan fingerprint density at radius 1 is 1.26 bits per heavy atom. The molecule has 7 nitrogen and oxygen atoms in total. The number of aliphatic carboxylic acids is 1. The number of aryl methyl sites for hydroxylation is 2. The van der Waals surface area contributed by atoms with Gasteiger partial charge in [-0.05, 0) is 50.9 Å². The topological polar surface area (TPSA) is 86.6 Å². The maximum Gasteiger partial charge on any atom is 0.326 e. The van der Waals surface area contributed by atoms with Crippen LogP contribution in [0.1, 0.15) is 50.5 Å². The number of carbonyl (C=O) groups excluding carboxylic acids is 1. The maximum atomic E-state index is 12.6. The SMILES string of the molecule is CCc1cc(N2CCC3(CC2)CC(C(=O)O)N(C(=O)C2CC2)C3)nc(C)n1. The molecule has 1 aliphatic carbocycles. The smallest absolute Gasteiger partial charge is 0.326 e. The van der Waals surface area contributed by atoms with Gasteiger partial charge in [0.25, 0.3) is 0 Å². The molecule has 0 bridgehead atoms. The molecule has 1 saturated carbocycles. The van der Waals surface area contributed by atoms with Gasteiger partial charge >= 0.3 is 5.97 Å². The fourth-order valence-electron chi connectivity index (χ4n) is 4.60. The van der Waals surface area contributed by atoms with Crippen LogP contribution in [0.5, 0.6) is 0 Å². The second-order valence-electron chi connectivity index (χ2n) is 8.40. The van der Waals surface area contributed by atoms with E-state index >= 15 is 0 Å². The number of hydrogen-bond donors (Lipinski definition) is 1. The highest BCUT2D eigenvalue weighted by atomic mass is 16.4. The minimum Gasteiger partial charge on any atom is -0.480 e. The van der Waals surface area contributed by atoms with E-state index in [0.29, 0.717) is 13.0 Å². The van der Waals surface area contributed by atoms with Gasteiger partial charge in [-0.3, -0.25) is 4.79 Å². The lowest BCUT2D eigenvalue weighted by atomic mass is 9.76. The molecule has 7 heteroatoms. The highest BCUT2D eigenvalue weighted by Crippen LogP contribution is 2.46. The number of aromatic nitrogens is 2. The van der Waals surface area contributed by atoms with Gasteiger partial charge in [0.15, 0.2) is 0 Å². The van der Waals surface area contributed by atoms with Gasteiger partial charge in [0.1, 0.15) is 17.7 Å². The summed E-state index contributed by atoms with van der Waals surface area (Å²) >= 11 is 0. The zero-order chi connectivity index (χ0) is 19.2. The number of piperidine rings is 1. The Labute approximate surface area is 159 Å². The number of carboxylic acid groups (broad SMARTS) is 1. The lowest BCUT2D eigenvalue weighted by Gasteiger charge is -2.39. The van der Waals surface area contributed by atoms with Crippen molar-refractivity contribution in [1.82, 2.24) is 14.9 Å². The first kappa shape index (κ1) is 18.2. The van der Waals surface area contributed by atoms with Crippen LogP contribution in [0.25, 0.3) is 0 Å². The molecule has 1 spiro atoms. The van der Waals surface area contributed by atoms with E-state index in [1.807, 2.05) is 6.92 Å². The van der Waals surface area contributed by atoms with Crippen molar-refractivity contribution < 1.29 is 14.7 Å². The molecule has 1 atom stereocenters. The molecular weight excluding hydrogens is 344 g/mol. The number of nitrogens with zero attached hydrogens (tertiary/aromatic N) is 4. The fraction of sp³-hybridized carbons (Fsp3) is 0.700. The first-order chi connectivity index (χ1) is 12.9. The highest BCUT2D eigenvalue weighted by Gasteiger charge is 2.51. The molecule has 2 aliphatic heterocycles. The summed E-state index contributed by atoms with van der Waals surface area (Å²) in [5.74, 6) is 1.02. The van der Waals surface area contributed by atoms with Crippen molar-refractivity contribution in [3.63, 3.8) is 0 Å².